The predicted molar refractivity (Wildman–Crippen MR) is 99.1 cm³/mol. The number of H-pyrrole nitrogens is 1. The molecule has 2 aromatic carbocycles. The van der Waals surface area contributed by atoms with Crippen LogP contribution in [0.4, 0.5) is 5.69 Å². The summed E-state index contributed by atoms with van der Waals surface area (Å²) in [4.78, 5) is 12.5. The molecule has 1 heterocycles. The molecule has 2 N–H and O–H groups in total. The Balaban J connectivity index is 1.76. The number of aryl methyl sites for hydroxylation is 2. The summed E-state index contributed by atoms with van der Waals surface area (Å²) in [5.74, 6) is 0.605. The molecule has 1 aromatic heterocycles. The number of rotatable bonds is 5. The van der Waals surface area contributed by atoms with E-state index in [0.717, 1.165) is 28.1 Å². The maximum Gasteiger partial charge on any atom is 0.273 e. The SMILES string of the molecule is CCOc1ccc(-c2cc(C(=O)Nc3cc(C)ccc3C)[nH]n2)cc1. The Morgan fingerprint density at radius 3 is 2.60 bits per heavy atom. The molecule has 0 radical (unpaired) electrons. The standard InChI is InChI=1S/C20H21N3O2/c1-4-25-16-9-7-15(8-10-16)18-12-19(23-22-18)20(24)21-17-11-13(2)5-6-14(17)3/h5-12H,4H2,1-3H3,(H,21,24)(H,22,23). The highest BCUT2D eigenvalue weighted by Crippen LogP contribution is 2.22. The van der Waals surface area contributed by atoms with E-state index in [2.05, 4.69) is 15.5 Å². The lowest BCUT2D eigenvalue weighted by molar-refractivity contribution is 0.102. The Hall–Kier alpha value is -3.08. The van der Waals surface area contributed by atoms with E-state index in [0.29, 0.717) is 18.0 Å². The van der Waals surface area contributed by atoms with Crippen molar-refractivity contribution < 1.29 is 9.53 Å². The van der Waals surface area contributed by atoms with Crippen molar-refractivity contribution in [2.24, 2.45) is 0 Å². The highest BCUT2D eigenvalue weighted by Gasteiger charge is 2.12. The maximum absolute atomic E-state index is 12.5. The van der Waals surface area contributed by atoms with E-state index in [-0.39, 0.29) is 5.91 Å². The van der Waals surface area contributed by atoms with Crippen molar-refractivity contribution in [3.8, 4) is 17.0 Å². The number of hydrogen-bond acceptors (Lipinski definition) is 3. The number of hydrogen-bond donors (Lipinski definition) is 2. The van der Waals surface area contributed by atoms with Crippen LogP contribution >= 0.6 is 0 Å². The fourth-order valence-electron chi connectivity index (χ4n) is 2.53. The average molecular weight is 335 g/mol. The third kappa shape index (κ3) is 3.88. The molecule has 0 saturated heterocycles. The van der Waals surface area contributed by atoms with Crippen molar-refractivity contribution in [3.63, 3.8) is 0 Å². The molecule has 0 aliphatic rings. The molecule has 0 bridgehead atoms. The summed E-state index contributed by atoms with van der Waals surface area (Å²) in [6, 6.07) is 15.3. The van der Waals surface area contributed by atoms with Gasteiger partial charge in [0.1, 0.15) is 11.4 Å². The van der Waals surface area contributed by atoms with Crippen LogP contribution in [0.25, 0.3) is 11.3 Å². The van der Waals surface area contributed by atoms with E-state index in [1.54, 1.807) is 6.07 Å². The molecule has 1 amide bonds. The molecule has 25 heavy (non-hydrogen) atoms. The third-order valence-electron chi connectivity index (χ3n) is 3.92. The number of anilines is 1. The number of aromatic amines is 1. The van der Waals surface area contributed by atoms with Crippen molar-refractivity contribution in [1.82, 2.24) is 10.2 Å². The minimum absolute atomic E-state index is 0.210. The number of nitrogens with one attached hydrogen (secondary N) is 2. The van der Waals surface area contributed by atoms with Crippen LogP contribution in [0.2, 0.25) is 0 Å². The van der Waals surface area contributed by atoms with Crippen molar-refractivity contribution >= 4 is 11.6 Å². The van der Waals surface area contributed by atoms with Gasteiger partial charge in [-0.15, -0.1) is 0 Å². The monoisotopic (exact) mass is 335 g/mol. The molecule has 3 aromatic rings. The molecule has 5 heteroatoms. The van der Waals surface area contributed by atoms with Gasteiger partial charge in [0.05, 0.1) is 12.3 Å². The van der Waals surface area contributed by atoms with Gasteiger partial charge < -0.3 is 10.1 Å². The second-order valence-corrected chi connectivity index (χ2v) is 5.90. The number of aromatic nitrogens is 2. The number of carbonyl (C=O) groups is 1. The Morgan fingerprint density at radius 1 is 1.12 bits per heavy atom. The van der Waals surface area contributed by atoms with E-state index < -0.39 is 0 Å². The first-order valence-electron chi connectivity index (χ1n) is 8.24. The van der Waals surface area contributed by atoms with E-state index in [1.807, 2.05) is 63.2 Å². The topological polar surface area (TPSA) is 67.0 Å². The normalized spacial score (nSPS) is 10.5. The van der Waals surface area contributed by atoms with Gasteiger partial charge in [0.25, 0.3) is 5.91 Å². The fourth-order valence-corrected chi connectivity index (χ4v) is 2.53. The summed E-state index contributed by atoms with van der Waals surface area (Å²) in [5.41, 5.74) is 4.98. The van der Waals surface area contributed by atoms with Crippen LogP contribution in [0, 0.1) is 13.8 Å². The van der Waals surface area contributed by atoms with Gasteiger partial charge in [-0.1, -0.05) is 12.1 Å². The number of ether oxygens (including phenoxy) is 1. The molecule has 0 unspecified atom stereocenters. The minimum Gasteiger partial charge on any atom is -0.494 e. The van der Waals surface area contributed by atoms with Crippen LogP contribution < -0.4 is 10.1 Å². The van der Waals surface area contributed by atoms with Crippen LogP contribution in [-0.4, -0.2) is 22.7 Å². The molecule has 3 rings (SSSR count). The first-order valence-corrected chi connectivity index (χ1v) is 8.24. The molecule has 128 valence electrons. The van der Waals surface area contributed by atoms with Crippen LogP contribution in [0.1, 0.15) is 28.5 Å². The molecule has 0 atom stereocenters. The predicted octanol–water partition coefficient (Wildman–Crippen LogP) is 4.34. The fraction of sp³-hybridized carbons (Fsp3) is 0.200. The van der Waals surface area contributed by atoms with E-state index >= 15 is 0 Å². The van der Waals surface area contributed by atoms with Gasteiger partial charge in [-0.3, -0.25) is 9.89 Å². The van der Waals surface area contributed by atoms with Crippen molar-refractivity contribution in [1.29, 1.82) is 0 Å². The molecule has 0 aliphatic carbocycles. The molecular formula is C20H21N3O2. The Kier molecular flexibility index (Phi) is 4.84. The molecule has 5 nitrogen and oxygen atoms in total. The van der Waals surface area contributed by atoms with Gasteiger partial charge in [-0.2, -0.15) is 5.10 Å². The van der Waals surface area contributed by atoms with Crippen LogP contribution in [-0.2, 0) is 0 Å². The highest BCUT2D eigenvalue weighted by molar-refractivity contribution is 6.03. The second-order valence-electron chi connectivity index (χ2n) is 5.90. The summed E-state index contributed by atoms with van der Waals surface area (Å²) >= 11 is 0. The molecule has 0 saturated carbocycles. The summed E-state index contributed by atoms with van der Waals surface area (Å²) < 4.78 is 5.44. The molecule has 0 spiro atoms. The van der Waals surface area contributed by atoms with Gasteiger partial charge in [-0.05, 0) is 68.3 Å². The molecule has 0 aliphatic heterocycles. The van der Waals surface area contributed by atoms with Crippen LogP contribution in [0.5, 0.6) is 5.75 Å². The highest BCUT2D eigenvalue weighted by atomic mass is 16.5. The quantitative estimate of drug-likeness (QED) is 0.728. The second kappa shape index (κ2) is 7.21. The third-order valence-corrected chi connectivity index (χ3v) is 3.92. The first kappa shape index (κ1) is 16.8. The lowest BCUT2D eigenvalue weighted by Crippen LogP contribution is -2.13. The number of benzene rings is 2. The molecule has 0 fully saturated rings. The number of nitrogens with zero attached hydrogens (tertiary/aromatic N) is 1. The largest absolute Gasteiger partial charge is 0.494 e. The lowest BCUT2D eigenvalue weighted by Gasteiger charge is -2.08. The van der Waals surface area contributed by atoms with Gasteiger partial charge in [0.2, 0.25) is 0 Å². The van der Waals surface area contributed by atoms with Gasteiger partial charge in [0.15, 0.2) is 0 Å². The average Bonchev–Trinajstić information content (AvgIpc) is 3.09. The maximum atomic E-state index is 12.5. The van der Waals surface area contributed by atoms with Crippen molar-refractivity contribution in [3.05, 3.63) is 65.4 Å². The van der Waals surface area contributed by atoms with Crippen LogP contribution in [0.15, 0.2) is 48.5 Å². The smallest absolute Gasteiger partial charge is 0.273 e. The number of carbonyl (C=O) groups excluding carboxylic acids is 1. The zero-order chi connectivity index (χ0) is 17.8. The van der Waals surface area contributed by atoms with Crippen molar-refractivity contribution in [2.45, 2.75) is 20.8 Å². The molecular weight excluding hydrogens is 314 g/mol. The summed E-state index contributed by atoms with van der Waals surface area (Å²) in [6.45, 7) is 6.54. The van der Waals surface area contributed by atoms with Crippen LogP contribution in [0.3, 0.4) is 0 Å². The first-order chi connectivity index (χ1) is 12.1. The van der Waals surface area contributed by atoms with Crippen molar-refractivity contribution in [2.75, 3.05) is 11.9 Å². The zero-order valence-electron chi connectivity index (χ0n) is 14.6. The Bertz CT molecular complexity index is 882. The summed E-state index contributed by atoms with van der Waals surface area (Å²) in [7, 11) is 0. The van der Waals surface area contributed by atoms with E-state index in [4.69, 9.17) is 4.74 Å². The summed E-state index contributed by atoms with van der Waals surface area (Å²) in [5, 5.41) is 9.97. The van der Waals surface area contributed by atoms with Gasteiger partial charge >= 0.3 is 0 Å². The minimum atomic E-state index is -0.210. The number of amides is 1. The Morgan fingerprint density at radius 2 is 1.88 bits per heavy atom. The van der Waals surface area contributed by atoms with E-state index in [1.165, 1.54) is 0 Å². The lowest BCUT2D eigenvalue weighted by atomic mass is 10.1. The van der Waals surface area contributed by atoms with Gasteiger partial charge in [0, 0.05) is 11.3 Å². The zero-order valence-corrected chi connectivity index (χ0v) is 14.6. The Labute approximate surface area is 147 Å². The van der Waals surface area contributed by atoms with Gasteiger partial charge in [-0.25, -0.2) is 0 Å². The van der Waals surface area contributed by atoms with E-state index in [9.17, 15) is 4.79 Å². The summed E-state index contributed by atoms with van der Waals surface area (Å²) in [6.07, 6.45) is 0.